The van der Waals surface area contributed by atoms with E-state index in [-0.39, 0.29) is 12.2 Å². The Hall–Kier alpha value is -1.73. The lowest BCUT2D eigenvalue weighted by Crippen LogP contribution is -2.36. The van der Waals surface area contributed by atoms with Crippen LogP contribution >= 0.6 is 0 Å². The maximum Gasteiger partial charge on any atom is 0.415 e. The number of amides is 1. The zero-order valence-electron chi connectivity index (χ0n) is 14.5. The number of nitrogens with zero attached hydrogens (tertiary/aromatic N) is 4. The molecule has 2 fully saturated rings. The third-order valence-corrected chi connectivity index (χ3v) is 4.77. The van der Waals surface area contributed by atoms with Crippen LogP contribution in [0.3, 0.4) is 0 Å². The van der Waals surface area contributed by atoms with Gasteiger partial charge in [0.15, 0.2) is 5.82 Å². The first-order chi connectivity index (χ1) is 11.7. The second-order valence-corrected chi connectivity index (χ2v) is 6.61. The summed E-state index contributed by atoms with van der Waals surface area (Å²) in [5.74, 6) is 1.24. The Labute approximate surface area is 143 Å². The van der Waals surface area contributed by atoms with Crippen LogP contribution in [-0.4, -0.2) is 67.0 Å². The number of methoxy groups -OCH3 is 1. The first-order valence-electron chi connectivity index (χ1n) is 8.66. The summed E-state index contributed by atoms with van der Waals surface area (Å²) in [5, 5.41) is 0. The molecule has 0 aromatic carbocycles. The molecule has 0 aliphatic carbocycles. The van der Waals surface area contributed by atoms with Crippen molar-refractivity contribution in [3.05, 3.63) is 18.1 Å². The fourth-order valence-corrected chi connectivity index (χ4v) is 3.41. The van der Waals surface area contributed by atoms with E-state index < -0.39 is 0 Å². The Morgan fingerprint density at radius 1 is 1.29 bits per heavy atom. The molecule has 0 saturated carbocycles. The Morgan fingerprint density at radius 3 is 2.71 bits per heavy atom. The van der Waals surface area contributed by atoms with Crippen molar-refractivity contribution in [2.24, 2.45) is 5.92 Å². The number of piperidine rings is 1. The Morgan fingerprint density at radius 2 is 2.04 bits per heavy atom. The minimum atomic E-state index is -0.321. The van der Waals surface area contributed by atoms with Crippen molar-refractivity contribution in [2.45, 2.75) is 32.3 Å². The van der Waals surface area contributed by atoms with Crippen molar-refractivity contribution in [1.82, 2.24) is 14.9 Å². The molecule has 3 rings (SSSR count). The lowest BCUT2D eigenvalue weighted by Gasteiger charge is -2.31. The average molecular weight is 334 g/mol. The largest absolute Gasteiger partial charge is 0.444 e. The number of hydrogen-bond acceptors (Lipinski definition) is 6. The van der Waals surface area contributed by atoms with E-state index in [2.05, 4.69) is 14.9 Å². The van der Waals surface area contributed by atoms with Gasteiger partial charge in [-0.2, -0.15) is 0 Å². The molecule has 1 atom stereocenters. The lowest BCUT2D eigenvalue weighted by molar-refractivity contribution is 0.120. The van der Waals surface area contributed by atoms with Crippen LogP contribution in [-0.2, 0) is 15.9 Å². The molecule has 0 radical (unpaired) electrons. The first-order valence-corrected chi connectivity index (χ1v) is 8.66. The molecule has 0 bridgehead atoms. The van der Waals surface area contributed by atoms with Crippen LogP contribution in [0.1, 0.15) is 25.5 Å². The molecule has 132 valence electrons. The van der Waals surface area contributed by atoms with Gasteiger partial charge in [0.25, 0.3) is 0 Å². The number of rotatable bonds is 6. The molecule has 2 saturated heterocycles. The highest BCUT2D eigenvalue weighted by atomic mass is 16.6. The van der Waals surface area contributed by atoms with Crippen molar-refractivity contribution in [3.63, 3.8) is 0 Å². The van der Waals surface area contributed by atoms with Crippen LogP contribution in [0.2, 0.25) is 0 Å². The molecular weight excluding hydrogens is 308 g/mol. The summed E-state index contributed by atoms with van der Waals surface area (Å²) >= 11 is 0. The molecular formula is C17H26N4O3. The summed E-state index contributed by atoms with van der Waals surface area (Å²) in [6, 6.07) is 0. The SMILES string of the molecule is COCCN1CCC(Cc2nccnc2N2CC(C)OC2=O)CC1. The Kier molecular flexibility index (Phi) is 5.63. The Bertz CT molecular complexity index is 561. The van der Waals surface area contributed by atoms with Crippen molar-refractivity contribution in [1.29, 1.82) is 0 Å². The number of ether oxygens (including phenoxy) is 2. The van der Waals surface area contributed by atoms with E-state index in [0.29, 0.717) is 18.3 Å². The number of likely N-dealkylation sites (tertiary alicyclic amines) is 1. The van der Waals surface area contributed by atoms with E-state index in [0.717, 1.165) is 51.2 Å². The predicted molar refractivity (Wildman–Crippen MR) is 90.1 cm³/mol. The van der Waals surface area contributed by atoms with Crippen LogP contribution in [0.4, 0.5) is 10.6 Å². The molecule has 0 N–H and O–H groups in total. The molecule has 1 amide bonds. The third kappa shape index (κ3) is 4.02. The number of aromatic nitrogens is 2. The molecule has 1 unspecified atom stereocenters. The molecule has 0 spiro atoms. The van der Waals surface area contributed by atoms with Gasteiger partial charge in [-0.3, -0.25) is 9.88 Å². The predicted octanol–water partition coefficient (Wildman–Crippen LogP) is 1.72. The van der Waals surface area contributed by atoms with Gasteiger partial charge in [0, 0.05) is 26.0 Å². The number of cyclic esters (lactones) is 1. The van der Waals surface area contributed by atoms with E-state index in [9.17, 15) is 4.79 Å². The van der Waals surface area contributed by atoms with Gasteiger partial charge in [0.05, 0.1) is 18.8 Å². The highest BCUT2D eigenvalue weighted by molar-refractivity contribution is 5.89. The van der Waals surface area contributed by atoms with E-state index in [1.165, 1.54) is 0 Å². The van der Waals surface area contributed by atoms with Crippen LogP contribution in [0.5, 0.6) is 0 Å². The summed E-state index contributed by atoms with van der Waals surface area (Å²) in [7, 11) is 1.74. The standard InChI is InChI=1S/C17H26N4O3/c1-13-12-21(17(22)24-13)16-15(18-5-6-19-16)11-14-3-7-20(8-4-14)9-10-23-2/h5-6,13-14H,3-4,7-12H2,1-2H3. The lowest BCUT2D eigenvalue weighted by atomic mass is 9.92. The fourth-order valence-electron chi connectivity index (χ4n) is 3.41. The third-order valence-electron chi connectivity index (χ3n) is 4.77. The minimum Gasteiger partial charge on any atom is -0.444 e. The molecule has 3 heterocycles. The van der Waals surface area contributed by atoms with Gasteiger partial charge in [-0.15, -0.1) is 0 Å². The van der Waals surface area contributed by atoms with Crippen molar-refractivity contribution < 1.29 is 14.3 Å². The zero-order chi connectivity index (χ0) is 16.9. The van der Waals surface area contributed by atoms with Gasteiger partial charge in [0.1, 0.15) is 6.10 Å². The molecule has 24 heavy (non-hydrogen) atoms. The van der Waals surface area contributed by atoms with E-state index >= 15 is 0 Å². The van der Waals surface area contributed by atoms with Gasteiger partial charge in [-0.05, 0) is 45.2 Å². The minimum absolute atomic E-state index is 0.101. The summed E-state index contributed by atoms with van der Waals surface area (Å²) in [4.78, 5) is 24.9. The van der Waals surface area contributed by atoms with Crippen LogP contribution in [0.15, 0.2) is 12.4 Å². The molecule has 1 aromatic rings. The number of hydrogen-bond donors (Lipinski definition) is 0. The summed E-state index contributed by atoms with van der Waals surface area (Å²) in [5.41, 5.74) is 0.902. The van der Waals surface area contributed by atoms with Crippen LogP contribution in [0.25, 0.3) is 0 Å². The Balaban J connectivity index is 1.61. The molecule has 2 aliphatic rings. The summed E-state index contributed by atoms with van der Waals surface area (Å²) < 4.78 is 10.4. The number of carbonyl (C=O) groups excluding carboxylic acids is 1. The fraction of sp³-hybridized carbons (Fsp3) is 0.706. The van der Waals surface area contributed by atoms with Crippen LogP contribution < -0.4 is 4.90 Å². The second-order valence-electron chi connectivity index (χ2n) is 6.61. The van der Waals surface area contributed by atoms with Gasteiger partial charge >= 0.3 is 6.09 Å². The highest BCUT2D eigenvalue weighted by Gasteiger charge is 2.32. The van der Waals surface area contributed by atoms with Crippen molar-refractivity contribution in [3.8, 4) is 0 Å². The van der Waals surface area contributed by atoms with Gasteiger partial charge in [-0.1, -0.05) is 0 Å². The summed E-state index contributed by atoms with van der Waals surface area (Å²) in [6.07, 6.45) is 6.07. The van der Waals surface area contributed by atoms with E-state index in [4.69, 9.17) is 9.47 Å². The number of anilines is 1. The molecule has 2 aliphatic heterocycles. The van der Waals surface area contributed by atoms with Crippen LogP contribution in [0, 0.1) is 5.92 Å². The number of carbonyl (C=O) groups is 1. The van der Waals surface area contributed by atoms with E-state index in [1.54, 1.807) is 24.4 Å². The van der Waals surface area contributed by atoms with Crippen molar-refractivity contribution >= 4 is 11.9 Å². The van der Waals surface area contributed by atoms with Gasteiger partial charge < -0.3 is 14.4 Å². The normalized spacial score (nSPS) is 22.8. The maximum absolute atomic E-state index is 12.0. The smallest absolute Gasteiger partial charge is 0.415 e. The maximum atomic E-state index is 12.0. The molecule has 1 aromatic heterocycles. The average Bonchev–Trinajstić information content (AvgIpc) is 2.93. The van der Waals surface area contributed by atoms with Gasteiger partial charge in [0.2, 0.25) is 0 Å². The monoisotopic (exact) mass is 334 g/mol. The highest BCUT2D eigenvalue weighted by Crippen LogP contribution is 2.27. The molecule has 7 nitrogen and oxygen atoms in total. The van der Waals surface area contributed by atoms with Gasteiger partial charge in [-0.25, -0.2) is 9.78 Å². The van der Waals surface area contributed by atoms with Crippen molar-refractivity contribution in [2.75, 3.05) is 44.8 Å². The quantitative estimate of drug-likeness (QED) is 0.789. The topological polar surface area (TPSA) is 67.8 Å². The first kappa shape index (κ1) is 17.1. The summed E-state index contributed by atoms with van der Waals surface area (Å²) in [6.45, 7) is 6.40. The van der Waals surface area contributed by atoms with E-state index in [1.807, 2.05) is 6.92 Å². The second kappa shape index (κ2) is 7.90. The molecule has 7 heteroatoms. The zero-order valence-corrected chi connectivity index (χ0v) is 14.5.